The Labute approximate surface area is 90.3 Å². The van der Waals surface area contributed by atoms with Crippen LogP contribution in [0.25, 0.3) is 0 Å². The monoisotopic (exact) mass is 242 g/mol. The van der Waals surface area contributed by atoms with Crippen LogP contribution in [0.4, 0.5) is 18.0 Å². The molecule has 1 amide bonds. The van der Waals surface area contributed by atoms with E-state index in [0.717, 1.165) is 6.54 Å². The number of carbonyl (C=O) groups excluding carboxylic acids is 1. The largest absolute Gasteiger partial charge is 0.447 e. The van der Waals surface area contributed by atoms with E-state index >= 15 is 0 Å². The average Bonchev–Trinajstić information content (AvgIpc) is 2.24. The molecule has 1 fully saturated rings. The Hall–Kier alpha value is -1.02. The van der Waals surface area contributed by atoms with E-state index in [9.17, 15) is 18.0 Å². The van der Waals surface area contributed by atoms with Crippen molar-refractivity contribution in [2.24, 2.45) is 0 Å². The highest BCUT2D eigenvalue weighted by Gasteiger charge is 2.28. The van der Waals surface area contributed by atoms with Crippen LogP contribution in [0, 0.1) is 0 Å². The number of amides is 1. The molecular weight excluding hydrogens is 229 g/mol. The van der Waals surface area contributed by atoms with Crippen molar-refractivity contribution in [3.63, 3.8) is 0 Å². The maximum absolute atomic E-state index is 11.7. The minimum Gasteiger partial charge on any atom is -0.447 e. The van der Waals surface area contributed by atoms with Crippen molar-refractivity contribution in [2.75, 3.05) is 32.8 Å². The third-order valence-corrected chi connectivity index (χ3v) is 1.84. The summed E-state index contributed by atoms with van der Waals surface area (Å²) in [5, 5.41) is 4.60. The zero-order valence-electron chi connectivity index (χ0n) is 8.47. The number of carbonyl (C=O) groups is 1. The van der Waals surface area contributed by atoms with E-state index in [1.807, 2.05) is 0 Å². The first-order valence-electron chi connectivity index (χ1n) is 4.77. The predicted octanol–water partition coefficient (Wildman–Crippen LogP) is 0.263. The summed E-state index contributed by atoms with van der Waals surface area (Å²) in [5.74, 6) is 0. The molecule has 1 rings (SSSR count). The standard InChI is InChI=1S/C8H13F3N2O3/c9-8(10,11)5-13-7(14)16-4-6-3-12-1-2-15-6/h6,12H,1-5H2,(H,13,14)/t6-/m0/s1. The Kier molecular flexibility index (Phi) is 4.81. The van der Waals surface area contributed by atoms with Gasteiger partial charge in [0, 0.05) is 13.1 Å². The average molecular weight is 242 g/mol. The van der Waals surface area contributed by atoms with Crippen molar-refractivity contribution in [1.29, 1.82) is 0 Å². The van der Waals surface area contributed by atoms with Gasteiger partial charge in [0.2, 0.25) is 0 Å². The molecule has 1 aliphatic rings. The van der Waals surface area contributed by atoms with Crippen LogP contribution in [0.2, 0.25) is 0 Å². The summed E-state index contributed by atoms with van der Waals surface area (Å²) in [6.45, 7) is 0.286. The van der Waals surface area contributed by atoms with Crippen molar-refractivity contribution in [3.05, 3.63) is 0 Å². The van der Waals surface area contributed by atoms with Crippen LogP contribution in [0.5, 0.6) is 0 Å². The SMILES string of the molecule is O=C(NCC(F)(F)F)OC[C@@H]1CNCCO1. The highest BCUT2D eigenvalue weighted by Crippen LogP contribution is 2.12. The van der Waals surface area contributed by atoms with E-state index < -0.39 is 18.8 Å². The Morgan fingerprint density at radius 1 is 1.56 bits per heavy atom. The van der Waals surface area contributed by atoms with Gasteiger partial charge in [-0.05, 0) is 0 Å². The summed E-state index contributed by atoms with van der Waals surface area (Å²) < 4.78 is 44.9. The Balaban J connectivity index is 2.09. The lowest BCUT2D eigenvalue weighted by Crippen LogP contribution is -2.42. The molecule has 1 aliphatic heterocycles. The number of rotatable bonds is 3. The molecular formula is C8H13F3N2O3. The van der Waals surface area contributed by atoms with Gasteiger partial charge < -0.3 is 20.1 Å². The number of nitrogens with one attached hydrogen (secondary N) is 2. The molecule has 0 aromatic heterocycles. The highest BCUT2D eigenvalue weighted by atomic mass is 19.4. The first kappa shape index (κ1) is 13.0. The van der Waals surface area contributed by atoms with E-state index in [0.29, 0.717) is 13.2 Å². The van der Waals surface area contributed by atoms with Gasteiger partial charge in [-0.2, -0.15) is 13.2 Å². The fraction of sp³-hybridized carbons (Fsp3) is 0.875. The first-order valence-corrected chi connectivity index (χ1v) is 4.77. The zero-order chi connectivity index (χ0) is 12.0. The van der Waals surface area contributed by atoms with Gasteiger partial charge in [-0.15, -0.1) is 0 Å². The van der Waals surface area contributed by atoms with Gasteiger partial charge in [-0.3, -0.25) is 0 Å². The van der Waals surface area contributed by atoms with E-state index in [4.69, 9.17) is 4.74 Å². The summed E-state index contributed by atoms with van der Waals surface area (Å²) >= 11 is 0. The smallest absolute Gasteiger partial charge is 0.407 e. The fourth-order valence-electron chi connectivity index (χ4n) is 1.12. The molecule has 0 bridgehead atoms. The topological polar surface area (TPSA) is 59.6 Å². The minimum absolute atomic E-state index is 0.0588. The lowest BCUT2D eigenvalue weighted by Gasteiger charge is -2.23. The lowest BCUT2D eigenvalue weighted by molar-refractivity contribution is -0.124. The van der Waals surface area contributed by atoms with E-state index in [1.54, 1.807) is 5.32 Å². The van der Waals surface area contributed by atoms with Gasteiger partial charge in [0.05, 0.1) is 6.61 Å². The maximum Gasteiger partial charge on any atom is 0.407 e. The highest BCUT2D eigenvalue weighted by molar-refractivity contribution is 5.67. The van der Waals surface area contributed by atoms with Crippen molar-refractivity contribution in [2.45, 2.75) is 12.3 Å². The molecule has 0 radical (unpaired) electrons. The third-order valence-electron chi connectivity index (χ3n) is 1.84. The molecule has 0 unspecified atom stereocenters. The second kappa shape index (κ2) is 5.90. The van der Waals surface area contributed by atoms with Gasteiger partial charge in [-0.1, -0.05) is 0 Å². The molecule has 5 nitrogen and oxygen atoms in total. The number of halogens is 3. The van der Waals surface area contributed by atoms with Crippen LogP contribution in [0.1, 0.15) is 0 Å². The fourth-order valence-corrected chi connectivity index (χ4v) is 1.12. The molecule has 0 spiro atoms. The molecule has 2 N–H and O–H groups in total. The summed E-state index contributed by atoms with van der Waals surface area (Å²) in [6.07, 6.45) is -5.82. The Morgan fingerprint density at radius 2 is 2.31 bits per heavy atom. The number of hydrogen-bond donors (Lipinski definition) is 2. The molecule has 0 saturated carbocycles. The van der Waals surface area contributed by atoms with Gasteiger partial charge in [-0.25, -0.2) is 4.79 Å². The zero-order valence-corrected chi connectivity index (χ0v) is 8.47. The molecule has 0 aromatic rings. The van der Waals surface area contributed by atoms with Crippen molar-refractivity contribution in [3.8, 4) is 0 Å². The van der Waals surface area contributed by atoms with Crippen LogP contribution < -0.4 is 10.6 Å². The van der Waals surface area contributed by atoms with Crippen LogP contribution in [-0.4, -0.2) is 51.2 Å². The predicted molar refractivity (Wildman–Crippen MR) is 48.0 cm³/mol. The van der Waals surface area contributed by atoms with E-state index in [1.165, 1.54) is 0 Å². The summed E-state index contributed by atoms with van der Waals surface area (Å²) in [5.41, 5.74) is 0. The minimum atomic E-state index is -4.43. The van der Waals surface area contributed by atoms with E-state index in [2.05, 4.69) is 10.1 Å². The molecule has 1 saturated heterocycles. The molecule has 94 valence electrons. The summed E-state index contributed by atoms with van der Waals surface area (Å²) in [7, 11) is 0. The maximum atomic E-state index is 11.7. The van der Waals surface area contributed by atoms with Crippen LogP contribution in [0.15, 0.2) is 0 Å². The molecule has 0 aliphatic carbocycles. The van der Waals surface area contributed by atoms with Crippen LogP contribution in [-0.2, 0) is 9.47 Å². The normalized spacial score (nSPS) is 21.6. The first-order chi connectivity index (χ1) is 7.47. The van der Waals surface area contributed by atoms with Gasteiger partial charge in [0.15, 0.2) is 0 Å². The summed E-state index contributed by atoms with van der Waals surface area (Å²) in [6, 6.07) is 0. The molecule has 8 heteroatoms. The molecule has 1 heterocycles. The number of morpholine rings is 1. The quantitative estimate of drug-likeness (QED) is 0.745. The molecule has 0 aromatic carbocycles. The second-order valence-electron chi connectivity index (χ2n) is 3.26. The lowest BCUT2D eigenvalue weighted by atomic mass is 10.3. The molecule has 1 atom stereocenters. The van der Waals surface area contributed by atoms with Crippen molar-refractivity contribution >= 4 is 6.09 Å². The van der Waals surface area contributed by atoms with Gasteiger partial charge in [0.1, 0.15) is 19.3 Å². The molecule has 16 heavy (non-hydrogen) atoms. The van der Waals surface area contributed by atoms with Crippen LogP contribution in [0.3, 0.4) is 0 Å². The van der Waals surface area contributed by atoms with Crippen LogP contribution >= 0.6 is 0 Å². The van der Waals surface area contributed by atoms with E-state index in [-0.39, 0.29) is 12.7 Å². The second-order valence-corrected chi connectivity index (χ2v) is 3.26. The van der Waals surface area contributed by atoms with Gasteiger partial charge >= 0.3 is 12.3 Å². The number of hydrogen-bond acceptors (Lipinski definition) is 4. The Morgan fingerprint density at radius 3 is 2.88 bits per heavy atom. The third kappa shape index (κ3) is 5.76. The number of alkyl halides is 3. The summed E-state index contributed by atoms with van der Waals surface area (Å²) in [4.78, 5) is 10.8. The van der Waals surface area contributed by atoms with Gasteiger partial charge in [0.25, 0.3) is 0 Å². The van der Waals surface area contributed by atoms with Crippen molar-refractivity contribution < 1.29 is 27.4 Å². The number of alkyl carbamates (subject to hydrolysis) is 1. The van der Waals surface area contributed by atoms with Crippen molar-refractivity contribution in [1.82, 2.24) is 10.6 Å². The Bertz CT molecular complexity index is 229. The number of ether oxygens (including phenoxy) is 2.